The molecule has 1 atom stereocenters. The standard InChI is InChI=1S/C7H11N3O3/c1-5-8-7(13-9-5)3-10-2-6(11)4-12-10/h6,11H,2-4H2,1H3. The van der Waals surface area contributed by atoms with E-state index in [4.69, 9.17) is 14.5 Å². The molecule has 1 fully saturated rings. The minimum absolute atomic E-state index is 0.340. The van der Waals surface area contributed by atoms with Gasteiger partial charge in [-0.05, 0) is 6.92 Å². The number of aryl methyl sites for hydroxylation is 1. The SMILES string of the molecule is Cc1noc(CN2CC(O)CO2)n1. The molecule has 0 amide bonds. The summed E-state index contributed by atoms with van der Waals surface area (Å²) < 4.78 is 4.90. The molecule has 0 radical (unpaired) electrons. The number of aromatic nitrogens is 2. The molecule has 72 valence electrons. The number of hydrogen-bond donors (Lipinski definition) is 1. The zero-order chi connectivity index (χ0) is 9.26. The Kier molecular flexibility index (Phi) is 2.26. The summed E-state index contributed by atoms with van der Waals surface area (Å²) in [4.78, 5) is 9.15. The van der Waals surface area contributed by atoms with E-state index in [1.807, 2.05) is 0 Å². The normalized spacial score (nSPS) is 24.0. The van der Waals surface area contributed by atoms with Crippen LogP contribution in [0.1, 0.15) is 11.7 Å². The van der Waals surface area contributed by atoms with Gasteiger partial charge >= 0.3 is 0 Å². The second-order valence-corrected chi connectivity index (χ2v) is 3.01. The van der Waals surface area contributed by atoms with Crippen LogP contribution in [0.3, 0.4) is 0 Å². The van der Waals surface area contributed by atoms with E-state index in [-0.39, 0.29) is 0 Å². The van der Waals surface area contributed by atoms with E-state index in [0.29, 0.717) is 31.4 Å². The summed E-state index contributed by atoms with van der Waals surface area (Å²) in [6.45, 7) is 3.01. The van der Waals surface area contributed by atoms with Gasteiger partial charge in [0.2, 0.25) is 5.89 Å². The van der Waals surface area contributed by atoms with Crippen LogP contribution < -0.4 is 0 Å². The highest BCUT2D eigenvalue weighted by atomic mass is 16.7. The van der Waals surface area contributed by atoms with E-state index in [1.54, 1.807) is 12.0 Å². The van der Waals surface area contributed by atoms with Crippen LogP contribution in [0, 0.1) is 6.92 Å². The van der Waals surface area contributed by atoms with Crippen molar-refractivity contribution in [1.82, 2.24) is 15.2 Å². The number of aliphatic hydroxyl groups is 1. The molecule has 0 aromatic carbocycles. The van der Waals surface area contributed by atoms with Crippen LogP contribution in [0.25, 0.3) is 0 Å². The summed E-state index contributed by atoms with van der Waals surface area (Å²) in [6, 6.07) is 0. The topological polar surface area (TPSA) is 71.6 Å². The second-order valence-electron chi connectivity index (χ2n) is 3.01. The molecular formula is C7H11N3O3. The first kappa shape index (κ1) is 8.61. The van der Waals surface area contributed by atoms with E-state index in [9.17, 15) is 0 Å². The van der Waals surface area contributed by atoms with Crippen molar-refractivity contribution in [3.63, 3.8) is 0 Å². The molecule has 6 nitrogen and oxygen atoms in total. The van der Waals surface area contributed by atoms with Crippen LogP contribution in [0.2, 0.25) is 0 Å². The molecule has 0 saturated carbocycles. The largest absolute Gasteiger partial charge is 0.389 e. The highest BCUT2D eigenvalue weighted by Crippen LogP contribution is 2.09. The quantitative estimate of drug-likeness (QED) is 0.668. The zero-order valence-corrected chi connectivity index (χ0v) is 7.30. The Morgan fingerprint density at radius 3 is 3.08 bits per heavy atom. The predicted octanol–water partition coefficient (Wildman–Crippen LogP) is -0.514. The number of rotatable bonds is 2. The summed E-state index contributed by atoms with van der Waals surface area (Å²) >= 11 is 0. The van der Waals surface area contributed by atoms with Crippen molar-refractivity contribution in [1.29, 1.82) is 0 Å². The minimum atomic E-state index is -0.413. The third-order valence-electron chi connectivity index (χ3n) is 1.75. The van der Waals surface area contributed by atoms with Gasteiger partial charge in [0, 0.05) is 0 Å². The monoisotopic (exact) mass is 185 g/mol. The molecule has 2 heterocycles. The maximum Gasteiger partial charge on any atom is 0.243 e. The Morgan fingerprint density at radius 2 is 2.54 bits per heavy atom. The Hall–Kier alpha value is -0.980. The predicted molar refractivity (Wildman–Crippen MR) is 41.4 cm³/mol. The summed E-state index contributed by atoms with van der Waals surface area (Å²) in [5.74, 6) is 1.11. The summed E-state index contributed by atoms with van der Waals surface area (Å²) in [5, 5.41) is 14.4. The molecule has 1 aromatic heterocycles. The van der Waals surface area contributed by atoms with Crippen molar-refractivity contribution >= 4 is 0 Å². The average Bonchev–Trinajstić information content (AvgIpc) is 2.62. The molecule has 1 aliphatic rings. The van der Waals surface area contributed by atoms with E-state index in [1.165, 1.54) is 0 Å². The molecule has 13 heavy (non-hydrogen) atoms. The van der Waals surface area contributed by atoms with Gasteiger partial charge < -0.3 is 9.63 Å². The maximum absolute atomic E-state index is 9.15. The van der Waals surface area contributed by atoms with Gasteiger partial charge in [-0.3, -0.25) is 4.84 Å². The van der Waals surface area contributed by atoms with Gasteiger partial charge in [-0.15, -0.1) is 0 Å². The van der Waals surface area contributed by atoms with E-state index < -0.39 is 6.10 Å². The molecule has 2 rings (SSSR count). The molecule has 1 aromatic rings. The van der Waals surface area contributed by atoms with Gasteiger partial charge in [0.1, 0.15) is 6.54 Å². The lowest BCUT2D eigenvalue weighted by Gasteiger charge is -2.08. The highest BCUT2D eigenvalue weighted by molar-refractivity contribution is 4.82. The van der Waals surface area contributed by atoms with Gasteiger partial charge in [0.25, 0.3) is 0 Å². The van der Waals surface area contributed by atoms with Crippen molar-refractivity contribution < 1.29 is 14.5 Å². The number of β-amino-alcohol motifs (C(OH)–C–C–N with tert-alkyl or cyclic N) is 1. The van der Waals surface area contributed by atoms with Crippen molar-refractivity contribution in [3.8, 4) is 0 Å². The first-order valence-electron chi connectivity index (χ1n) is 4.09. The molecule has 1 aliphatic heterocycles. The fraction of sp³-hybridized carbons (Fsp3) is 0.714. The van der Waals surface area contributed by atoms with Gasteiger partial charge in [-0.1, -0.05) is 5.16 Å². The lowest BCUT2D eigenvalue weighted by Crippen LogP contribution is -2.20. The smallest absolute Gasteiger partial charge is 0.243 e. The van der Waals surface area contributed by atoms with Gasteiger partial charge in [0.05, 0.1) is 19.3 Å². The number of hydrogen-bond acceptors (Lipinski definition) is 6. The molecule has 1 unspecified atom stereocenters. The third kappa shape index (κ3) is 2.03. The molecule has 0 spiro atoms. The average molecular weight is 185 g/mol. The van der Waals surface area contributed by atoms with Crippen LogP contribution in [-0.4, -0.2) is 39.6 Å². The molecular weight excluding hydrogens is 174 g/mol. The third-order valence-corrected chi connectivity index (χ3v) is 1.75. The van der Waals surface area contributed by atoms with Crippen LogP contribution in [0.5, 0.6) is 0 Å². The molecule has 1 N–H and O–H groups in total. The zero-order valence-electron chi connectivity index (χ0n) is 7.30. The molecule has 6 heteroatoms. The van der Waals surface area contributed by atoms with Crippen molar-refractivity contribution in [2.75, 3.05) is 13.2 Å². The lowest BCUT2D eigenvalue weighted by atomic mass is 10.4. The molecule has 0 aliphatic carbocycles. The minimum Gasteiger partial charge on any atom is -0.389 e. The van der Waals surface area contributed by atoms with E-state index in [2.05, 4.69) is 10.1 Å². The van der Waals surface area contributed by atoms with E-state index in [0.717, 1.165) is 0 Å². The lowest BCUT2D eigenvalue weighted by molar-refractivity contribution is -0.122. The van der Waals surface area contributed by atoms with Gasteiger partial charge in [0.15, 0.2) is 5.82 Å². The van der Waals surface area contributed by atoms with Crippen LogP contribution in [0.4, 0.5) is 0 Å². The molecule has 1 saturated heterocycles. The Labute approximate surface area is 75.1 Å². The van der Waals surface area contributed by atoms with Crippen LogP contribution in [-0.2, 0) is 11.4 Å². The first-order valence-corrected chi connectivity index (χ1v) is 4.09. The van der Waals surface area contributed by atoms with Gasteiger partial charge in [-0.2, -0.15) is 10.0 Å². The summed E-state index contributed by atoms with van der Waals surface area (Å²) in [5.41, 5.74) is 0. The first-order chi connectivity index (χ1) is 6.24. The number of nitrogens with zero attached hydrogens (tertiary/aromatic N) is 3. The van der Waals surface area contributed by atoms with Crippen molar-refractivity contribution in [2.45, 2.75) is 19.6 Å². The molecule has 0 bridgehead atoms. The highest BCUT2D eigenvalue weighted by Gasteiger charge is 2.22. The number of hydroxylamine groups is 2. The summed E-state index contributed by atoms with van der Waals surface area (Å²) in [7, 11) is 0. The fourth-order valence-corrected chi connectivity index (χ4v) is 1.20. The maximum atomic E-state index is 9.15. The van der Waals surface area contributed by atoms with Crippen LogP contribution >= 0.6 is 0 Å². The second kappa shape index (κ2) is 3.41. The van der Waals surface area contributed by atoms with Crippen molar-refractivity contribution in [2.24, 2.45) is 0 Å². The Morgan fingerprint density at radius 1 is 1.69 bits per heavy atom. The van der Waals surface area contributed by atoms with Crippen molar-refractivity contribution in [3.05, 3.63) is 11.7 Å². The Bertz CT molecular complexity index is 288. The van der Waals surface area contributed by atoms with E-state index >= 15 is 0 Å². The van der Waals surface area contributed by atoms with Crippen LogP contribution in [0.15, 0.2) is 4.52 Å². The summed E-state index contributed by atoms with van der Waals surface area (Å²) in [6.07, 6.45) is -0.413. The number of aliphatic hydroxyl groups excluding tert-OH is 1. The fourth-order valence-electron chi connectivity index (χ4n) is 1.20. The van der Waals surface area contributed by atoms with Gasteiger partial charge in [-0.25, -0.2) is 0 Å². The Balaban J connectivity index is 1.91.